The highest BCUT2D eigenvalue weighted by Crippen LogP contribution is 2.30. The zero-order valence-electron chi connectivity index (χ0n) is 7.93. The van der Waals surface area contributed by atoms with Gasteiger partial charge >= 0.3 is 0 Å². The maximum atomic E-state index is 5.78. The number of para-hydroxylation sites is 1. The first-order valence-electron chi connectivity index (χ1n) is 4.33. The molecule has 0 aliphatic carbocycles. The summed E-state index contributed by atoms with van der Waals surface area (Å²) in [6.07, 6.45) is 0. The molecular weight excluding hydrogens is 267 g/mol. The van der Waals surface area contributed by atoms with E-state index in [0.29, 0.717) is 12.5 Å². The fourth-order valence-corrected chi connectivity index (χ4v) is 1.74. The summed E-state index contributed by atoms with van der Waals surface area (Å²) in [7, 11) is 0. The minimum atomic E-state index is 0.253. The molecule has 1 rings (SSSR count). The molecule has 1 aromatic rings. The quantitative estimate of drug-likeness (QED) is 0.466. The molecule has 2 nitrogen and oxygen atoms in total. The lowest BCUT2D eigenvalue weighted by atomic mass is 10.2. The van der Waals surface area contributed by atoms with Gasteiger partial charge in [0, 0.05) is 12.2 Å². The van der Waals surface area contributed by atoms with Crippen molar-refractivity contribution in [1.82, 2.24) is 0 Å². The van der Waals surface area contributed by atoms with Crippen molar-refractivity contribution < 1.29 is 9.47 Å². The van der Waals surface area contributed by atoms with E-state index in [-0.39, 0.29) is 6.79 Å². The Morgan fingerprint density at radius 3 is 2.86 bits per heavy atom. The van der Waals surface area contributed by atoms with Crippen molar-refractivity contribution in [3.05, 3.63) is 28.2 Å². The first-order valence-corrected chi connectivity index (χ1v) is 5.66. The fraction of sp³-hybridized carbons (Fsp3) is 0.400. The van der Waals surface area contributed by atoms with Crippen LogP contribution in [-0.4, -0.2) is 13.4 Å². The van der Waals surface area contributed by atoms with Gasteiger partial charge in [-0.2, -0.15) is 0 Å². The molecule has 0 amide bonds. The second-order valence-electron chi connectivity index (χ2n) is 2.62. The van der Waals surface area contributed by atoms with Crippen molar-refractivity contribution in [3.8, 4) is 5.75 Å². The number of benzene rings is 1. The van der Waals surface area contributed by atoms with E-state index in [0.717, 1.165) is 15.8 Å². The van der Waals surface area contributed by atoms with Crippen LogP contribution < -0.4 is 4.74 Å². The molecule has 1 aromatic carbocycles. The van der Waals surface area contributed by atoms with Crippen LogP contribution >= 0.6 is 27.5 Å². The number of alkyl halides is 1. The molecule has 0 fully saturated rings. The van der Waals surface area contributed by atoms with E-state index >= 15 is 0 Å². The minimum Gasteiger partial charge on any atom is -0.466 e. The molecule has 0 aliphatic rings. The lowest BCUT2D eigenvalue weighted by Gasteiger charge is -2.11. The smallest absolute Gasteiger partial charge is 0.189 e. The Morgan fingerprint density at radius 2 is 2.21 bits per heavy atom. The van der Waals surface area contributed by atoms with Crippen LogP contribution in [0.2, 0.25) is 0 Å². The summed E-state index contributed by atoms with van der Waals surface area (Å²) in [6.45, 7) is 2.82. The number of hydrogen-bond acceptors (Lipinski definition) is 2. The molecule has 14 heavy (non-hydrogen) atoms. The van der Waals surface area contributed by atoms with E-state index in [1.165, 1.54) is 0 Å². The predicted octanol–water partition coefficient (Wildman–Crippen LogP) is 3.56. The highest BCUT2D eigenvalue weighted by molar-refractivity contribution is 9.10. The molecule has 0 bridgehead atoms. The van der Waals surface area contributed by atoms with Gasteiger partial charge in [0.05, 0.1) is 10.4 Å². The van der Waals surface area contributed by atoms with E-state index in [2.05, 4.69) is 15.9 Å². The van der Waals surface area contributed by atoms with E-state index in [4.69, 9.17) is 21.1 Å². The molecule has 0 saturated carbocycles. The van der Waals surface area contributed by atoms with Gasteiger partial charge in [-0.3, -0.25) is 0 Å². The summed E-state index contributed by atoms with van der Waals surface area (Å²) < 4.78 is 11.4. The minimum absolute atomic E-state index is 0.253. The fourth-order valence-electron chi connectivity index (χ4n) is 1.00. The molecule has 4 heteroatoms. The zero-order chi connectivity index (χ0) is 10.4. The van der Waals surface area contributed by atoms with Crippen LogP contribution in [0.5, 0.6) is 5.75 Å². The molecule has 0 radical (unpaired) electrons. The average molecular weight is 280 g/mol. The Bertz CT molecular complexity index is 291. The average Bonchev–Trinajstić information content (AvgIpc) is 2.20. The second kappa shape index (κ2) is 6.27. The van der Waals surface area contributed by atoms with Crippen molar-refractivity contribution in [1.29, 1.82) is 0 Å². The van der Waals surface area contributed by atoms with Crippen LogP contribution in [0.1, 0.15) is 12.5 Å². The first-order chi connectivity index (χ1) is 6.79. The summed E-state index contributed by atoms with van der Waals surface area (Å²) >= 11 is 9.18. The van der Waals surface area contributed by atoms with Crippen LogP contribution in [0.15, 0.2) is 22.7 Å². The van der Waals surface area contributed by atoms with Crippen LogP contribution in [0.25, 0.3) is 0 Å². The van der Waals surface area contributed by atoms with Gasteiger partial charge in [0.15, 0.2) is 6.79 Å². The van der Waals surface area contributed by atoms with E-state index in [9.17, 15) is 0 Å². The topological polar surface area (TPSA) is 18.5 Å². The highest BCUT2D eigenvalue weighted by atomic mass is 79.9. The number of ether oxygens (including phenoxy) is 2. The van der Waals surface area contributed by atoms with E-state index < -0.39 is 0 Å². The summed E-state index contributed by atoms with van der Waals surface area (Å²) in [5.74, 6) is 1.19. The molecule has 0 saturated heterocycles. The standard InChI is InChI=1S/C10H12BrClO2/c1-2-13-7-14-10-8(6-12)4-3-5-9(10)11/h3-5H,2,6-7H2,1H3. The van der Waals surface area contributed by atoms with Crippen LogP contribution in [0, 0.1) is 0 Å². The van der Waals surface area contributed by atoms with Crippen LogP contribution in [0.3, 0.4) is 0 Å². The number of halogens is 2. The molecule has 0 spiro atoms. The lowest BCUT2D eigenvalue weighted by molar-refractivity contribution is 0.0215. The van der Waals surface area contributed by atoms with Crippen molar-refractivity contribution in [3.63, 3.8) is 0 Å². The molecule has 0 aromatic heterocycles. The molecule has 78 valence electrons. The van der Waals surface area contributed by atoms with Gasteiger partial charge in [0.2, 0.25) is 0 Å². The Hall–Kier alpha value is -0.250. The Labute approximate surface area is 97.3 Å². The van der Waals surface area contributed by atoms with Gasteiger partial charge in [-0.15, -0.1) is 11.6 Å². The molecular formula is C10H12BrClO2. The van der Waals surface area contributed by atoms with Gasteiger partial charge in [0.1, 0.15) is 5.75 Å². The van der Waals surface area contributed by atoms with E-state index in [1.54, 1.807) is 0 Å². The lowest BCUT2D eigenvalue weighted by Crippen LogP contribution is -2.04. The summed E-state index contributed by atoms with van der Waals surface area (Å²) in [6, 6.07) is 5.77. The number of hydrogen-bond donors (Lipinski definition) is 0. The van der Waals surface area contributed by atoms with Crippen LogP contribution in [0.4, 0.5) is 0 Å². The van der Waals surface area contributed by atoms with Crippen molar-refractivity contribution in [2.75, 3.05) is 13.4 Å². The molecule has 0 atom stereocenters. The second-order valence-corrected chi connectivity index (χ2v) is 3.74. The first kappa shape index (κ1) is 11.8. The SMILES string of the molecule is CCOCOc1c(Br)cccc1CCl. The molecule has 0 N–H and O–H groups in total. The van der Waals surface area contributed by atoms with E-state index in [1.807, 2.05) is 25.1 Å². The van der Waals surface area contributed by atoms with Gasteiger partial charge < -0.3 is 9.47 Å². The van der Waals surface area contributed by atoms with Crippen molar-refractivity contribution in [2.24, 2.45) is 0 Å². The summed E-state index contributed by atoms with van der Waals surface area (Å²) in [4.78, 5) is 0. The predicted molar refractivity (Wildman–Crippen MR) is 60.8 cm³/mol. The third-order valence-corrected chi connectivity index (χ3v) is 2.60. The third kappa shape index (κ3) is 3.15. The largest absolute Gasteiger partial charge is 0.466 e. The Balaban J connectivity index is 2.72. The highest BCUT2D eigenvalue weighted by Gasteiger charge is 2.06. The van der Waals surface area contributed by atoms with Gasteiger partial charge in [-0.25, -0.2) is 0 Å². The van der Waals surface area contributed by atoms with Gasteiger partial charge in [0.25, 0.3) is 0 Å². The number of rotatable bonds is 5. The maximum Gasteiger partial charge on any atom is 0.189 e. The van der Waals surface area contributed by atoms with Crippen LogP contribution in [-0.2, 0) is 10.6 Å². The third-order valence-electron chi connectivity index (χ3n) is 1.68. The summed E-state index contributed by atoms with van der Waals surface area (Å²) in [5, 5.41) is 0. The normalized spacial score (nSPS) is 10.2. The van der Waals surface area contributed by atoms with Crippen molar-refractivity contribution in [2.45, 2.75) is 12.8 Å². The molecule has 0 unspecified atom stereocenters. The maximum absolute atomic E-state index is 5.78. The Kier molecular flexibility index (Phi) is 5.30. The summed E-state index contributed by atoms with van der Waals surface area (Å²) in [5.41, 5.74) is 0.959. The van der Waals surface area contributed by atoms with Gasteiger partial charge in [-0.05, 0) is 28.9 Å². The Morgan fingerprint density at radius 1 is 1.43 bits per heavy atom. The van der Waals surface area contributed by atoms with Gasteiger partial charge in [-0.1, -0.05) is 12.1 Å². The molecule has 0 aliphatic heterocycles. The monoisotopic (exact) mass is 278 g/mol. The molecule has 0 heterocycles. The van der Waals surface area contributed by atoms with Crippen molar-refractivity contribution >= 4 is 27.5 Å². The zero-order valence-corrected chi connectivity index (χ0v) is 10.3.